The van der Waals surface area contributed by atoms with Crippen LogP contribution < -0.4 is 10.6 Å². The molecule has 29 heavy (non-hydrogen) atoms. The number of nitrogens with zero attached hydrogens (tertiary/aromatic N) is 3. The summed E-state index contributed by atoms with van der Waals surface area (Å²) in [7, 11) is 3.84. The average molecular weight is 390 g/mol. The number of aromatic amines is 1. The van der Waals surface area contributed by atoms with Crippen LogP contribution in [0.4, 0.5) is 10.5 Å². The Morgan fingerprint density at radius 3 is 2.79 bits per heavy atom. The van der Waals surface area contributed by atoms with Gasteiger partial charge in [-0.2, -0.15) is 0 Å². The fourth-order valence-electron chi connectivity index (χ4n) is 3.82. The minimum absolute atomic E-state index is 0.0934. The molecule has 7 heteroatoms. The fraction of sp³-hybridized carbons (Fsp3) is 0.318. The molecule has 1 aromatic heterocycles. The van der Waals surface area contributed by atoms with Crippen LogP contribution in [0.15, 0.2) is 53.5 Å². The number of piperidine rings is 1. The number of hydrogen-bond acceptors (Lipinski definition) is 4. The quantitative estimate of drug-likeness (QED) is 0.596. The van der Waals surface area contributed by atoms with Crippen LogP contribution >= 0.6 is 0 Å². The van der Waals surface area contributed by atoms with Gasteiger partial charge in [-0.1, -0.05) is 24.3 Å². The van der Waals surface area contributed by atoms with E-state index in [1.54, 1.807) is 13.3 Å². The highest BCUT2D eigenvalue weighted by Gasteiger charge is 2.30. The number of nitrogens with one attached hydrogen (secondary N) is 3. The molecule has 0 unspecified atom stereocenters. The lowest BCUT2D eigenvalue weighted by Crippen LogP contribution is -2.46. The van der Waals surface area contributed by atoms with E-state index in [-0.39, 0.29) is 18.1 Å². The van der Waals surface area contributed by atoms with Gasteiger partial charge in [-0.25, -0.2) is 9.78 Å². The van der Waals surface area contributed by atoms with Gasteiger partial charge in [0.25, 0.3) is 0 Å². The third-order valence-corrected chi connectivity index (χ3v) is 5.38. The van der Waals surface area contributed by atoms with Crippen molar-refractivity contribution in [2.45, 2.75) is 24.9 Å². The van der Waals surface area contributed by atoms with Gasteiger partial charge >= 0.3 is 6.03 Å². The second-order valence-electron chi connectivity index (χ2n) is 7.46. The molecule has 1 saturated heterocycles. The van der Waals surface area contributed by atoms with Gasteiger partial charge in [0.2, 0.25) is 0 Å². The molecule has 4 rings (SSSR count). The Morgan fingerprint density at radius 1 is 1.24 bits per heavy atom. The molecule has 2 heterocycles. The van der Waals surface area contributed by atoms with Gasteiger partial charge in [0, 0.05) is 31.5 Å². The zero-order valence-electron chi connectivity index (χ0n) is 16.7. The molecule has 3 aromatic rings. The minimum atomic E-state index is -0.181. The minimum Gasteiger partial charge on any atom is -0.341 e. The smallest absolute Gasteiger partial charge is 0.319 e. The third kappa shape index (κ3) is 4.46. The summed E-state index contributed by atoms with van der Waals surface area (Å²) in [5.74, 6) is 0.953. The number of urea groups is 1. The van der Waals surface area contributed by atoms with E-state index in [0.717, 1.165) is 47.5 Å². The maximum absolute atomic E-state index is 12.5. The number of carbonyl (C=O) groups is 1. The second kappa shape index (κ2) is 8.45. The van der Waals surface area contributed by atoms with Crippen LogP contribution in [-0.4, -0.2) is 53.8 Å². The van der Waals surface area contributed by atoms with Crippen LogP contribution in [0.3, 0.4) is 0 Å². The van der Waals surface area contributed by atoms with E-state index in [0.29, 0.717) is 0 Å². The van der Waals surface area contributed by atoms with Crippen LogP contribution in [0.1, 0.15) is 30.3 Å². The number of anilines is 1. The Kier molecular flexibility index (Phi) is 5.57. The van der Waals surface area contributed by atoms with Crippen molar-refractivity contribution in [3.63, 3.8) is 0 Å². The number of imidazole rings is 1. The van der Waals surface area contributed by atoms with Gasteiger partial charge in [0.15, 0.2) is 0 Å². The van der Waals surface area contributed by atoms with E-state index in [1.807, 2.05) is 48.5 Å². The molecule has 150 valence electrons. The molecule has 1 aliphatic heterocycles. The number of fused-ring (bicyclic) bond motifs is 1. The summed E-state index contributed by atoms with van der Waals surface area (Å²) in [5, 5.41) is 6.03. The Balaban J connectivity index is 1.39. The lowest BCUT2D eigenvalue weighted by molar-refractivity contribution is 0.153. The topological polar surface area (TPSA) is 85.4 Å². The molecule has 0 spiro atoms. The van der Waals surface area contributed by atoms with Gasteiger partial charge in [0.1, 0.15) is 5.82 Å². The van der Waals surface area contributed by atoms with E-state index < -0.39 is 0 Å². The number of likely N-dealkylation sites (tertiary alicyclic amines) is 1. The zero-order chi connectivity index (χ0) is 20.2. The monoisotopic (exact) mass is 390 g/mol. The predicted octanol–water partition coefficient (Wildman–Crippen LogP) is 3.57. The number of H-pyrrole nitrogens is 1. The molecule has 2 amide bonds. The number of benzene rings is 2. The van der Waals surface area contributed by atoms with E-state index in [4.69, 9.17) is 4.98 Å². The fourth-order valence-corrected chi connectivity index (χ4v) is 3.82. The van der Waals surface area contributed by atoms with Gasteiger partial charge in [0.05, 0.1) is 17.1 Å². The van der Waals surface area contributed by atoms with Gasteiger partial charge < -0.3 is 15.6 Å². The van der Waals surface area contributed by atoms with E-state index >= 15 is 0 Å². The van der Waals surface area contributed by atoms with Crippen LogP contribution in [0.5, 0.6) is 0 Å². The van der Waals surface area contributed by atoms with E-state index in [1.165, 1.54) is 0 Å². The van der Waals surface area contributed by atoms with Gasteiger partial charge in [-0.05, 0) is 49.7 Å². The number of carbonyl (C=O) groups excluding carboxylic acids is 1. The van der Waals surface area contributed by atoms with Crippen molar-refractivity contribution in [3.05, 3.63) is 59.9 Å². The van der Waals surface area contributed by atoms with E-state index in [9.17, 15) is 4.79 Å². The highest BCUT2D eigenvalue weighted by atomic mass is 16.2. The van der Waals surface area contributed by atoms with Crippen LogP contribution in [0.25, 0.3) is 11.0 Å². The van der Waals surface area contributed by atoms with Crippen LogP contribution in [-0.2, 0) is 0 Å². The van der Waals surface area contributed by atoms with Crippen LogP contribution in [0, 0.1) is 0 Å². The maximum atomic E-state index is 12.5. The Hall–Kier alpha value is -3.19. The van der Waals surface area contributed by atoms with E-state index in [2.05, 4.69) is 32.6 Å². The molecule has 2 aromatic carbocycles. The van der Waals surface area contributed by atoms with Gasteiger partial charge in [-0.15, -0.1) is 0 Å². The number of aliphatic imine (C=N–C) groups is 1. The second-order valence-corrected chi connectivity index (χ2v) is 7.46. The molecule has 7 nitrogen and oxygen atoms in total. The SMILES string of the molecule is CN=Cc1ccc(NC(=O)N[C@@H]2CCN(C)[C@@H](c3nc4ccccc4[nH]3)C2)cc1. The summed E-state index contributed by atoms with van der Waals surface area (Å²) < 4.78 is 0. The molecular formula is C22H26N6O. The first-order chi connectivity index (χ1) is 14.1. The summed E-state index contributed by atoms with van der Waals surface area (Å²) in [6.45, 7) is 0.901. The van der Waals surface area contributed by atoms with Crippen molar-refractivity contribution in [3.8, 4) is 0 Å². The molecule has 0 bridgehead atoms. The largest absolute Gasteiger partial charge is 0.341 e. The highest BCUT2D eigenvalue weighted by molar-refractivity contribution is 5.90. The summed E-state index contributed by atoms with van der Waals surface area (Å²) in [6, 6.07) is 15.7. The summed E-state index contributed by atoms with van der Waals surface area (Å²) in [4.78, 5) is 26.9. The predicted molar refractivity (Wildman–Crippen MR) is 117 cm³/mol. The molecule has 1 aliphatic rings. The first-order valence-corrected chi connectivity index (χ1v) is 9.87. The van der Waals surface area contributed by atoms with Gasteiger partial charge in [-0.3, -0.25) is 9.89 Å². The summed E-state index contributed by atoms with van der Waals surface area (Å²) in [6.07, 6.45) is 3.50. The summed E-state index contributed by atoms with van der Waals surface area (Å²) in [5.41, 5.74) is 3.78. The van der Waals surface area contributed by atoms with Crippen molar-refractivity contribution < 1.29 is 4.79 Å². The van der Waals surface area contributed by atoms with Crippen molar-refractivity contribution >= 4 is 29.0 Å². The lowest BCUT2D eigenvalue weighted by atomic mass is 9.97. The molecule has 1 fully saturated rings. The zero-order valence-corrected chi connectivity index (χ0v) is 16.7. The molecule has 0 radical (unpaired) electrons. The lowest BCUT2D eigenvalue weighted by Gasteiger charge is -2.36. The number of aromatic nitrogens is 2. The highest BCUT2D eigenvalue weighted by Crippen LogP contribution is 2.29. The Bertz CT molecular complexity index is 977. The van der Waals surface area contributed by atoms with Crippen molar-refractivity contribution in [1.82, 2.24) is 20.2 Å². The molecule has 3 N–H and O–H groups in total. The Labute approximate surface area is 170 Å². The number of amides is 2. The van der Waals surface area contributed by atoms with Crippen LogP contribution in [0.2, 0.25) is 0 Å². The number of rotatable bonds is 4. The van der Waals surface area contributed by atoms with Crippen molar-refractivity contribution in [2.24, 2.45) is 4.99 Å². The molecule has 0 saturated carbocycles. The first-order valence-electron chi connectivity index (χ1n) is 9.87. The molecule has 0 aliphatic carbocycles. The third-order valence-electron chi connectivity index (χ3n) is 5.38. The van der Waals surface area contributed by atoms with Crippen molar-refractivity contribution in [2.75, 3.05) is 26.0 Å². The number of para-hydroxylation sites is 2. The first kappa shape index (κ1) is 19.1. The standard InChI is InChI=1S/C22H26N6O/c1-23-14-15-7-9-16(10-8-15)24-22(29)25-17-11-12-28(2)20(13-17)21-26-18-5-3-4-6-19(18)27-21/h3-10,14,17,20H,11-13H2,1-2H3,(H,26,27)(H2,24,25,29)/t17-,20-/m1/s1. The van der Waals surface area contributed by atoms with Crippen molar-refractivity contribution in [1.29, 1.82) is 0 Å². The number of hydrogen-bond donors (Lipinski definition) is 3. The maximum Gasteiger partial charge on any atom is 0.319 e. The molecular weight excluding hydrogens is 364 g/mol. The Morgan fingerprint density at radius 2 is 2.03 bits per heavy atom. The molecule has 2 atom stereocenters. The normalized spacial score (nSPS) is 20.2. The summed E-state index contributed by atoms with van der Waals surface area (Å²) >= 11 is 0. The average Bonchev–Trinajstić information content (AvgIpc) is 3.15.